The predicted molar refractivity (Wildman–Crippen MR) is 67.6 cm³/mol. The van der Waals surface area contributed by atoms with Crippen LogP contribution in [-0.4, -0.2) is 11.4 Å². The van der Waals surface area contributed by atoms with E-state index in [9.17, 15) is 4.79 Å². The van der Waals surface area contributed by atoms with Gasteiger partial charge in [0.1, 0.15) is 5.54 Å². The van der Waals surface area contributed by atoms with Crippen molar-refractivity contribution in [2.75, 3.05) is 0 Å². The minimum absolute atomic E-state index is 0.182. The molecule has 0 fully saturated rings. The molecule has 1 rings (SSSR count). The molecule has 3 heteroatoms. The van der Waals surface area contributed by atoms with E-state index in [4.69, 9.17) is 5.26 Å². The number of hydrogen-bond acceptors (Lipinski definition) is 2. The van der Waals surface area contributed by atoms with Gasteiger partial charge in [-0.3, -0.25) is 4.79 Å². The molecular weight excluding hydrogens is 212 g/mol. The molecule has 90 valence electrons. The lowest BCUT2D eigenvalue weighted by atomic mass is 9.94. The van der Waals surface area contributed by atoms with Gasteiger partial charge >= 0.3 is 0 Å². The molecular formula is C14H18N2O. The molecule has 0 aliphatic rings. The van der Waals surface area contributed by atoms with E-state index in [1.807, 2.05) is 39.0 Å². The molecule has 1 N–H and O–H groups in total. The van der Waals surface area contributed by atoms with Crippen molar-refractivity contribution in [3.05, 3.63) is 35.4 Å². The quantitative estimate of drug-likeness (QED) is 0.864. The van der Waals surface area contributed by atoms with Crippen molar-refractivity contribution in [3.8, 4) is 6.07 Å². The minimum atomic E-state index is -0.749. The van der Waals surface area contributed by atoms with E-state index in [0.717, 1.165) is 5.56 Å². The number of carbonyl (C=O) groups excluding carboxylic acids is 1. The highest BCUT2D eigenvalue weighted by atomic mass is 16.1. The Morgan fingerprint density at radius 3 is 2.53 bits per heavy atom. The number of benzene rings is 1. The summed E-state index contributed by atoms with van der Waals surface area (Å²) in [7, 11) is 0. The zero-order valence-corrected chi connectivity index (χ0v) is 10.6. The van der Waals surface area contributed by atoms with Crippen molar-refractivity contribution in [1.82, 2.24) is 5.32 Å². The molecule has 0 aromatic heterocycles. The first-order valence-electron chi connectivity index (χ1n) is 5.87. The summed E-state index contributed by atoms with van der Waals surface area (Å²) < 4.78 is 0. The lowest BCUT2D eigenvalue weighted by Crippen LogP contribution is -2.46. The Morgan fingerprint density at radius 2 is 2.06 bits per heavy atom. The van der Waals surface area contributed by atoms with Gasteiger partial charge in [-0.25, -0.2) is 0 Å². The summed E-state index contributed by atoms with van der Waals surface area (Å²) in [5, 5.41) is 12.0. The third-order valence-electron chi connectivity index (χ3n) is 3.05. The molecule has 0 spiro atoms. The summed E-state index contributed by atoms with van der Waals surface area (Å²) in [4.78, 5) is 12.0. The molecule has 0 aliphatic carbocycles. The topological polar surface area (TPSA) is 52.9 Å². The zero-order valence-electron chi connectivity index (χ0n) is 10.6. The Bertz CT molecular complexity index is 442. The molecule has 1 aromatic rings. The van der Waals surface area contributed by atoms with Gasteiger partial charge in [0, 0.05) is 5.56 Å². The van der Waals surface area contributed by atoms with Gasteiger partial charge in [0.05, 0.1) is 6.07 Å². The van der Waals surface area contributed by atoms with Crippen LogP contribution in [0.4, 0.5) is 0 Å². The van der Waals surface area contributed by atoms with E-state index in [1.165, 1.54) is 0 Å². The summed E-state index contributed by atoms with van der Waals surface area (Å²) in [5.41, 5.74) is 0.889. The van der Waals surface area contributed by atoms with Gasteiger partial charge in [-0.15, -0.1) is 0 Å². The molecule has 17 heavy (non-hydrogen) atoms. The van der Waals surface area contributed by atoms with Crippen molar-refractivity contribution in [2.24, 2.45) is 0 Å². The van der Waals surface area contributed by atoms with Gasteiger partial charge in [0.25, 0.3) is 5.91 Å². The van der Waals surface area contributed by atoms with Gasteiger partial charge in [-0.05, 0) is 31.9 Å². The zero-order chi connectivity index (χ0) is 12.9. The first-order valence-corrected chi connectivity index (χ1v) is 5.87. The Morgan fingerprint density at radius 1 is 1.41 bits per heavy atom. The van der Waals surface area contributed by atoms with Crippen molar-refractivity contribution < 1.29 is 4.79 Å². The Labute approximate surface area is 102 Å². The summed E-state index contributed by atoms with van der Waals surface area (Å²) >= 11 is 0. The third kappa shape index (κ3) is 3.07. The summed E-state index contributed by atoms with van der Waals surface area (Å²) in [6.07, 6.45) is 1.22. The van der Waals surface area contributed by atoms with Crippen molar-refractivity contribution in [2.45, 2.75) is 39.2 Å². The highest BCUT2D eigenvalue weighted by molar-refractivity contribution is 5.95. The maximum atomic E-state index is 12.0. The van der Waals surface area contributed by atoms with Crippen LogP contribution in [0.2, 0.25) is 0 Å². The van der Waals surface area contributed by atoms with E-state index in [-0.39, 0.29) is 5.91 Å². The number of nitriles is 1. The fourth-order valence-electron chi connectivity index (χ4n) is 1.69. The van der Waals surface area contributed by atoms with Crippen LogP contribution in [0.3, 0.4) is 0 Å². The highest BCUT2D eigenvalue weighted by Crippen LogP contribution is 2.15. The third-order valence-corrected chi connectivity index (χ3v) is 3.05. The van der Waals surface area contributed by atoms with E-state index in [2.05, 4.69) is 11.4 Å². The average Bonchev–Trinajstić information content (AvgIpc) is 2.36. The van der Waals surface area contributed by atoms with Gasteiger partial charge < -0.3 is 5.32 Å². The number of carbonyl (C=O) groups is 1. The van der Waals surface area contributed by atoms with E-state index in [1.54, 1.807) is 6.07 Å². The molecule has 3 nitrogen and oxygen atoms in total. The maximum Gasteiger partial charge on any atom is 0.252 e. The summed E-state index contributed by atoms with van der Waals surface area (Å²) in [6, 6.07) is 9.56. The minimum Gasteiger partial charge on any atom is -0.334 e. The van der Waals surface area contributed by atoms with Crippen LogP contribution in [0, 0.1) is 18.3 Å². The first kappa shape index (κ1) is 13.2. The van der Waals surface area contributed by atoms with Crippen molar-refractivity contribution in [1.29, 1.82) is 5.26 Å². The Balaban J connectivity index is 2.89. The first-order chi connectivity index (χ1) is 8.06. The second-order valence-electron chi connectivity index (χ2n) is 4.22. The largest absolute Gasteiger partial charge is 0.334 e. The molecule has 0 saturated heterocycles. The van der Waals surface area contributed by atoms with Crippen LogP contribution < -0.4 is 5.32 Å². The van der Waals surface area contributed by atoms with Gasteiger partial charge in [-0.1, -0.05) is 31.5 Å². The smallest absolute Gasteiger partial charge is 0.252 e. The molecule has 0 atom stereocenters. The molecule has 1 aromatic carbocycles. The van der Waals surface area contributed by atoms with Crippen LogP contribution >= 0.6 is 0 Å². The fourth-order valence-corrected chi connectivity index (χ4v) is 1.69. The van der Waals surface area contributed by atoms with Crippen LogP contribution in [0.5, 0.6) is 0 Å². The van der Waals surface area contributed by atoms with E-state index < -0.39 is 5.54 Å². The Hall–Kier alpha value is -1.82. The van der Waals surface area contributed by atoms with Crippen molar-refractivity contribution >= 4 is 5.91 Å². The highest BCUT2D eigenvalue weighted by Gasteiger charge is 2.27. The van der Waals surface area contributed by atoms with E-state index in [0.29, 0.717) is 18.4 Å². The van der Waals surface area contributed by atoms with Gasteiger partial charge in [0.2, 0.25) is 0 Å². The number of nitrogens with zero attached hydrogens (tertiary/aromatic N) is 1. The molecule has 1 amide bonds. The molecule has 0 saturated carbocycles. The lowest BCUT2D eigenvalue weighted by Gasteiger charge is -2.24. The van der Waals surface area contributed by atoms with Crippen molar-refractivity contribution in [3.63, 3.8) is 0 Å². The SMILES string of the molecule is CCC(C#N)(CC)NC(=O)c1cccc(C)c1. The van der Waals surface area contributed by atoms with Crippen LogP contribution in [0.15, 0.2) is 24.3 Å². The van der Waals surface area contributed by atoms with Crippen LogP contribution in [-0.2, 0) is 0 Å². The molecule has 0 aliphatic heterocycles. The Kier molecular flexibility index (Phi) is 4.28. The fraction of sp³-hybridized carbons (Fsp3) is 0.429. The maximum absolute atomic E-state index is 12.0. The number of hydrogen-bond donors (Lipinski definition) is 1. The molecule has 0 heterocycles. The number of nitrogens with one attached hydrogen (secondary N) is 1. The van der Waals surface area contributed by atoms with E-state index >= 15 is 0 Å². The summed E-state index contributed by atoms with van der Waals surface area (Å²) in [5.74, 6) is -0.182. The number of amides is 1. The van der Waals surface area contributed by atoms with Gasteiger partial charge in [-0.2, -0.15) is 5.26 Å². The normalized spacial score (nSPS) is 10.7. The second kappa shape index (κ2) is 5.49. The number of aryl methyl sites for hydroxylation is 1. The second-order valence-corrected chi connectivity index (χ2v) is 4.22. The van der Waals surface area contributed by atoms with Crippen LogP contribution in [0.25, 0.3) is 0 Å². The lowest BCUT2D eigenvalue weighted by molar-refractivity contribution is 0.0915. The monoisotopic (exact) mass is 230 g/mol. The molecule has 0 radical (unpaired) electrons. The van der Waals surface area contributed by atoms with Crippen LogP contribution in [0.1, 0.15) is 42.6 Å². The van der Waals surface area contributed by atoms with Gasteiger partial charge in [0.15, 0.2) is 0 Å². The summed E-state index contributed by atoms with van der Waals surface area (Å²) in [6.45, 7) is 5.75. The standard InChI is InChI=1S/C14H18N2O/c1-4-14(5-2,10-15)16-13(17)12-8-6-7-11(3)9-12/h6-9H,4-5H2,1-3H3,(H,16,17). The molecule has 0 unspecified atom stereocenters. The molecule has 0 bridgehead atoms. The number of rotatable bonds is 4. The average molecular weight is 230 g/mol. The predicted octanol–water partition coefficient (Wildman–Crippen LogP) is 2.81.